The number of hydrogen-bond acceptors (Lipinski definition) is 10. The van der Waals surface area contributed by atoms with E-state index in [4.69, 9.17) is 0 Å². The first kappa shape index (κ1) is 44.5. The third kappa shape index (κ3) is 9.28. The van der Waals surface area contributed by atoms with Crippen LogP contribution in [-0.4, -0.2) is 112 Å². The van der Waals surface area contributed by atoms with Crippen LogP contribution < -0.4 is 21.3 Å². The lowest BCUT2D eigenvalue weighted by Crippen LogP contribution is -2.71. The summed E-state index contributed by atoms with van der Waals surface area (Å²) in [7, 11) is 0. The maximum absolute atomic E-state index is 13.5. The van der Waals surface area contributed by atoms with Crippen LogP contribution in [0.25, 0.3) is 0 Å². The van der Waals surface area contributed by atoms with E-state index in [9.17, 15) is 48.6 Å². The normalized spacial score (nSPS) is 25.4. The van der Waals surface area contributed by atoms with Gasteiger partial charge in [-0.2, -0.15) is 0 Å². The third-order valence-electron chi connectivity index (χ3n) is 11.4. The Morgan fingerprint density at radius 2 is 0.917 bits per heavy atom. The number of carboxylic acid groups (broad SMARTS) is 2. The Bertz CT molecular complexity index is 1860. The molecule has 0 radical (unpaired) electrons. The molecule has 6 N–H and O–H groups in total. The van der Waals surface area contributed by atoms with Crippen LogP contribution in [0.4, 0.5) is 0 Å². The minimum Gasteiger partial charge on any atom is -0.480 e. The second-order valence-corrected chi connectivity index (χ2v) is 20.2. The molecule has 4 heterocycles. The number of rotatable bonds is 19. The van der Waals surface area contributed by atoms with Gasteiger partial charge in [0.2, 0.25) is 35.4 Å². The van der Waals surface area contributed by atoms with Crippen molar-refractivity contribution >= 4 is 70.9 Å². The maximum Gasteiger partial charge on any atom is 0.327 e. The van der Waals surface area contributed by atoms with Crippen molar-refractivity contribution in [3.8, 4) is 0 Å². The summed E-state index contributed by atoms with van der Waals surface area (Å²) in [5, 5.41) is 29.5. The fourth-order valence-electron chi connectivity index (χ4n) is 8.40. The Labute approximate surface area is 356 Å². The quantitative estimate of drug-likeness (QED) is 0.0885. The second kappa shape index (κ2) is 18.3. The molecule has 4 aliphatic rings. The number of benzene rings is 2. The van der Waals surface area contributed by atoms with Crippen molar-refractivity contribution in [3.63, 3.8) is 0 Å². The predicted octanol–water partition coefficient (Wildman–Crippen LogP) is 3.09. The van der Waals surface area contributed by atoms with E-state index >= 15 is 0 Å². The number of nitrogens with zero attached hydrogens (tertiary/aromatic N) is 2. The fourth-order valence-corrected chi connectivity index (χ4v) is 11.7. The summed E-state index contributed by atoms with van der Waals surface area (Å²) in [6.45, 7) is 7.03. The van der Waals surface area contributed by atoms with Gasteiger partial charge in [-0.25, -0.2) is 9.59 Å². The summed E-state index contributed by atoms with van der Waals surface area (Å²) in [6, 6.07) is 11.5. The number of amides is 6. The minimum absolute atomic E-state index is 0.173. The fraction of sp³-hybridized carbons (Fsp3) is 0.524. The molecule has 0 unspecified atom stereocenters. The standard InChI is InChI=1S/C42H52N6O10S2/c1-41(2)31(39(55)56)47-35(53)29(37(47)59-41)45-33(51)27(23-17-11-9-12-18-23)43-25(49)21-15-7-5-6-8-16-22-26(50)44-28(24-19-13-10-14-20-24)34(52)46-30-36(54)48-32(40(57)58)42(3,4)60-38(30)48/h9-14,17-20,27-32,37-38H,5-8,15-16,21-22H2,1-4H3,(H,43,49)(H,44,50)(H,45,51)(H,46,52)(H,55,56)(H,57,58)/t27-,28+,29-,30+,31+,32-,37-,38+. The molecule has 6 amide bonds. The molecule has 8 atom stereocenters. The predicted molar refractivity (Wildman–Crippen MR) is 223 cm³/mol. The van der Waals surface area contributed by atoms with E-state index in [-0.39, 0.29) is 24.7 Å². The highest BCUT2D eigenvalue weighted by Crippen LogP contribution is 2.52. The van der Waals surface area contributed by atoms with Crippen molar-refractivity contribution in [1.29, 1.82) is 0 Å². The lowest BCUT2D eigenvalue weighted by Gasteiger charge is -2.44. The zero-order valence-electron chi connectivity index (χ0n) is 33.9. The Kier molecular flexibility index (Phi) is 13.5. The van der Waals surface area contributed by atoms with E-state index in [0.29, 0.717) is 24.0 Å². The van der Waals surface area contributed by atoms with Crippen molar-refractivity contribution in [3.05, 3.63) is 71.8 Å². The molecule has 2 aromatic carbocycles. The van der Waals surface area contributed by atoms with Crippen molar-refractivity contribution in [2.45, 2.75) is 136 Å². The number of carbonyl (C=O) groups is 8. The average Bonchev–Trinajstić information content (AvgIpc) is 3.62. The summed E-state index contributed by atoms with van der Waals surface area (Å²) in [6.07, 6.45) is 4.59. The van der Waals surface area contributed by atoms with Gasteiger partial charge in [-0.05, 0) is 51.7 Å². The van der Waals surface area contributed by atoms with Crippen LogP contribution >= 0.6 is 23.5 Å². The largest absolute Gasteiger partial charge is 0.480 e. The van der Waals surface area contributed by atoms with Gasteiger partial charge in [0.25, 0.3) is 0 Å². The van der Waals surface area contributed by atoms with Crippen molar-refractivity contribution in [1.82, 2.24) is 31.1 Å². The first-order valence-corrected chi connectivity index (χ1v) is 21.9. The molecule has 4 saturated heterocycles. The SMILES string of the molecule is CC1(C)S[C@@H]2[C@H](NC(=O)[C@H](NC(=O)CCCCCCCCC(=O)N[C@H](C(=O)N[C@H]3C(=O)N4[C@H]3SC(C)(C)[C@H]4C(=O)O)c3ccccc3)c3ccccc3)C(=O)N2[C@H]1C(=O)O. The summed E-state index contributed by atoms with van der Waals surface area (Å²) in [5.74, 6) is -4.91. The maximum atomic E-state index is 13.5. The average molecular weight is 865 g/mol. The van der Waals surface area contributed by atoms with Crippen LogP contribution in [0.3, 0.4) is 0 Å². The van der Waals surface area contributed by atoms with Crippen LogP contribution in [-0.2, 0) is 38.4 Å². The zero-order valence-corrected chi connectivity index (χ0v) is 35.6. The molecule has 4 aliphatic heterocycles. The molecule has 0 aliphatic carbocycles. The van der Waals surface area contributed by atoms with Gasteiger partial charge < -0.3 is 41.3 Å². The number of nitrogens with one attached hydrogen (secondary N) is 4. The van der Waals surface area contributed by atoms with Crippen LogP contribution in [0, 0.1) is 0 Å². The lowest BCUT2D eigenvalue weighted by molar-refractivity contribution is -0.161. The molecule has 0 bridgehead atoms. The third-order valence-corrected chi connectivity index (χ3v) is 14.5. The molecule has 60 heavy (non-hydrogen) atoms. The van der Waals surface area contributed by atoms with Crippen LogP contribution in [0.1, 0.15) is 102 Å². The van der Waals surface area contributed by atoms with Gasteiger partial charge in [0.05, 0.1) is 0 Å². The van der Waals surface area contributed by atoms with E-state index in [2.05, 4.69) is 21.3 Å². The van der Waals surface area contributed by atoms with Gasteiger partial charge in [-0.3, -0.25) is 28.8 Å². The number of hydrogen-bond donors (Lipinski definition) is 6. The number of unbranched alkanes of at least 4 members (excludes halogenated alkanes) is 5. The molecule has 2 aromatic rings. The Hall–Kier alpha value is -5.10. The Morgan fingerprint density at radius 3 is 1.25 bits per heavy atom. The first-order valence-electron chi connectivity index (χ1n) is 20.2. The van der Waals surface area contributed by atoms with E-state index in [1.807, 2.05) is 0 Å². The molecular formula is C42H52N6O10S2. The van der Waals surface area contributed by atoms with Crippen LogP contribution in [0.2, 0.25) is 0 Å². The molecule has 0 spiro atoms. The van der Waals surface area contributed by atoms with Crippen LogP contribution in [0.15, 0.2) is 60.7 Å². The van der Waals surface area contributed by atoms with Gasteiger partial charge in [-0.15, -0.1) is 23.5 Å². The highest BCUT2D eigenvalue weighted by Gasteiger charge is 2.65. The summed E-state index contributed by atoms with van der Waals surface area (Å²) >= 11 is 2.65. The second-order valence-electron chi connectivity index (χ2n) is 16.6. The van der Waals surface area contributed by atoms with Gasteiger partial charge in [-0.1, -0.05) is 86.3 Å². The number of β-lactam (4-membered cyclic amide) rings is 2. The monoisotopic (exact) mass is 864 g/mol. The van der Waals surface area contributed by atoms with E-state index < -0.39 is 92.1 Å². The number of carbonyl (C=O) groups excluding carboxylic acids is 6. The van der Waals surface area contributed by atoms with Crippen LogP contribution in [0.5, 0.6) is 0 Å². The number of fused-ring (bicyclic) bond motifs is 2. The molecule has 0 saturated carbocycles. The smallest absolute Gasteiger partial charge is 0.327 e. The summed E-state index contributed by atoms with van der Waals surface area (Å²) < 4.78 is -1.48. The summed E-state index contributed by atoms with van der Waals surface area (Å²) in [4.78, 5) is 106. The minimum atomic E-state index is -1.10. The van der Waals surface area contributed by atoms with Gasteiger partial charge >= 0.3 is 11.9 Å². The molecule has 6 rings (SSSR count). The molecular weight excluding hydrogens is 813 g/mol. The Balaban J connectivity index is 0.912. The van der Waals surface area contributed by atoms with E-state index in [0.717, 1.165) is 25.7 Å². The van der Waals surface area contributed by atoms with Crippen molar-refractivity contribution in [2.24, 2.45) is 0 Å². The molecule has 322 valence electrons. The zero-order chi connectivity index (χ0) is 43.5. The molecule has 16 nitrogen and oxygen atoms in total. The van der Waals surface area contributed by atoms with Gasteiger partial charge in [0, 0.05) is 22.3 Å². The summed E-state index contributed by atoms with van der Waals surface area (Å²) in [5.41, 5.74) is 1.09. The van der Waals surface area contributed by atoms with Crippen molar-refractivity contribution in [2.75, 3.05) is 0 Å². The first-order chi connectivity index (χ1) is 28.4. The van der Waals surface area contributed by atoms with Gasteiger partial charge in [0.15, 0.2) is 0 Å². The van der Waals surface area contributed by atoms with E-state index in [1.54, 1.807) is 88.4 Å². The Morgan fingerprint density at radius 1 is 0.583 bits per heavy atom. The number of aliphatic carboxylic acids is 2. The van der Waals surface area contributed by atoms with E-state index in [1.165, 1.54) is 33.3 Å². The molecule has 0 aromatic heterocycles. The topological polar surface area (TPSA) is 232 Å². The van der Waals surface area contributed by atoms with Gasteiger partial charge in [0.1, 0.15) is 47.0 Å². The number of thioether (sulfide) groups is 2. The molecule has 18 heteroatoms. The van der Waals surface area contributed by atoms with Crippen molar-refractivity contribution < 1.29 is 48.6 Å². The highest BCUT2D eigenvalue weighted by molar-refractivity contribution is 8.02. The highest BCUT2D eigenvalue weighted by atomic mass is 32.2. The molecule has 4 fully saturated rings. The number of carboxylic acids is 2. The lowest BCUT2D eigenvalue weighted by atomic mass is 9.95.